The van der Waals surface area contributed by atoms with Crippen molar-refractivity contribution in [2.45, 2.75) is 13.8 Å². The molecule has 0 aliphatic rings. The number of nitrogens with zero attached hydrogens (tertiary/aromatic N) is 2. The lowest BCUT2D eigenvalue weighted by Gasteiger charge is -2.01. The number of hydrogen-bond acceptors (Lipinski definition) is 3. The van der Waals surface area contributed by atoms with E-state index in [0.29, 0.717) is 20.6 Å². The molecule has 0 fully saturated rings. The lowest BCUT2D eigenvalue weighted by atomic mass is 10.1. The van der Waals surface area contributed by atoms with E-state index in [1.165, 1.54) is 11.3 Å². The summed E-state index contributed by atoms with van der Waals surface area (Å²) < 4.78 is 1.89. The molecule has 0 saturated heterocycles. The van der Waals surface area contributed by atoms with Gasteiger partial charge in [-0.1, -0.05) is 35.1 Å². The van der Waals surface area contributed by atoms with Crippen LogP contribution in [0.5, 0.6) is 0 Å². The largest absolute Gasteiger partial charge is 0.477 e. The summed E-state index contributed by atoms with van der Waals surface area (Å²) >= 11 is 7.08. The molecular formula is C14H11ClN2O2S. The number of rotatable bonds is 2. The van der Waals surface area contributed by atoms with Crippen molar-refractivity contribution in [2.75, 3.05) is 0 Å². The first-order chi connectivity index (χ1) is 9.49. The van der Waals surface area contributed by atoms with Crippen molar-refractivity contribution >= 4 is 33.9 Å². The van der Waals surface area contributed by atoms with Gasteiger partial charge in [0.2, 0.25) is 0 Å². The number of imidazole rings is 1. The van der Waals surface area contributed by atoms with Crippen LogP contribution in [0.2, 0.25) is 5.02 Å². The molecule has 0 bridgehead atoms. The average molecular weight is 307 g/mol. The van der Waals surface area contributed by atoms with Crippen molar-refractivity contribution in [3.63, 3.8) is 0 Å². The number of hydrogen-bond donors (Lipinski definition) is 1. The van der Waals surface area contributed by atoms with Gasteiger partial charge in [0, 0.05) is 22.0 Å². The molecule has 20 heavy (non-hydrogen) atoms. The number of aromatic nitrogens is 2. The Bertz CT molecular complexity index is 818. The first-order valence-corrected chi connectivity index (χ1v) is 7.16. The van der Waals surface area contributed by atoms with Gasteiger partial charge in [0.15, 0.2) is 4.96 Å². The summed E-state index contributed by atoms with van der Waals surface area (Å²) in [6.07, 6.45) is 0. The Morgan fingerprint density at radius 3 is 2.45 bits per heavy atom. The number of carboxylic acid groups (broad SMARTS) is 1. The quantitative estimate of drug-likeness (QED) is 0.777. The van der Waals surface area contributed by atoms with Gasteiger partial charge < -0.3 is 5.11 Å². The summed E-state index contributed by atoms with van der Waals surface area (Å²) in [7, 11) is 0. The normalized spacial score (nSPS) is 11.2. The Morgan fingerprint density at radius 1 is 1.25 bits per heavy atom. The number of carbonyl (C=O) groups is 1. The summed E-state index contributed by atoms with van der Waals surface area (Å²) in [5.74, 6) is -0.912. The highest BCUT2D eigenvalue weighted by atomic mass is 35.5. The molecule has 0 amide bonds. The Hall–Kier alpha value is -1.85. The van der Waals surface area contributed by atoms with E-state index in [1.807, 2.05) is 35.6 Å². The molecule has 3 rings (SSSR count). The second-order valence-electron chi connectivity index (χ2n) is 4.49. The molecule has 1 aromatic carbocycles. The van der Waals surface area contributed by atoms with Gasteiger partial charge in [0.05, 0.1) is 5.69 Å². The highest BCUT2D eigenvalue weighted by molar-refractivity contribution is 7.19. The average Bonchev–Trinajstić information content (AvgIpc) is 2.89. The zero-order valence-electron chi connectivity index (χ0n) is 10.8. The minimum Gasteiger partial charge on any atom is -0.477 e. The van der Waals surface area contributed by atoms with E-state index >= 15 is 0 Å². The van der Waals surface area contributed by atoms with Gasteiger partial charge in [-0.05, 0) is 26.0 Å². The summed E-state index contributed by atoms with van der Waals surface area (Å²) in [5, 5.41) is 9.83. The lowest BCUT2D eigenvalue weighted by Crippen LogP contribution is -1.98. The van der Waals surface area contributed by atoms with E-state index in [0.717, 1.165) is 17.0 Å². The van der Waals surface area contributed by atoms with Crippen LogP contribution >= 0.6 is 22.9 Å². The molecule has 0 atom stereocenters. The number of thiazole rings is 1. The van der Waals surface area contributed by atoms with Crippen LogP contribution in [-0.4, -0.2) is 20.5 Å². The van der Waals surface area contributed by atoms with Crippen LogP contribution in [0.15, 0.2) is 24.3 Å². The molecular weight excluding hydrogens is 296 g/mol. The maximum absolute atomic E-state index is 11.1. The third kappa shape index (κ3) is 1.90. The van der Waals surface area contributed by atoms with Gasteiger partial charge in [0.25, 0.3) is 0 Å². The fourth-order valence-electron chi connectivity index (χ4n) is 2.29. The second kappa shape index (κ2) is 4.61. The van der Waals surface area contributed by atoms with Crippen LogP contribution in [0.4, 0.5) is 0 Å². The molecule has 3 aromatic rings. The van der Waals surface area contributed by atoms with Crippen molar-refractivity contribution < 1.29 is 9.90 Å². The minimum absolute atomic E-state index is 0.332. The topological polar surface area (TPSA) is 54.6 Å². The summed E-state index contributed by atoms with van der Waals surface area (Å²) in [6, 6.07) is 7.46. The Labute approximate surface area is 124 Å². The van der Waals surface area contributed by atoms with Crippen LogP contribution in [0.1, 0.15) is 21.1 Å². The number of fused-ring (bicyclic) bond motifs is 1. The second-order valence-corrected chi connectivity index (χ2v) is 5.91. The summed E-state index contributed by atoms with van der Waals surface area (Å²) in [5.41, 5.74) is 3.47. The van der Waals surface area contributed by atoms with Crippen molar-refractivity contribution in [3.8, 4) is 11.3 Å². The van der Waals surface area contributed by atoms with E-state index in [-0.39, 0.29) is 0 Å². The molecule has 102 valence electrons. The van der Waals surface area contributed by atoms with E-state index in [4.69, 9.17) is 16.7 Å². The molecule has 4 nitrogen and oxygen atoms in total. The highest BCUT2D eigenvalue weighted by Crippen LogP contribution is 2.31. The fourth-order valence-corrected chi connectivity index (χ4v) is 3.42. The van der Waals surface area contributed by atoms with Crippen molar-refractivity contribution in [1.82, 2.24) is 9.38 Å². The third-order valence-corrected chi connectivity index (χ3v) is 4.63. The first kappa shape index (κ1) is 13.1. The molecule has 2 heterocycles. The standard InChI is InChI=1S/C14H11ClN2O2S/c1-7-11(9-3-5-10(15)6-4-9)16-14-17(7)8(2)12(20-14)13(18)19/h3-6H,1-2H3,(H,18,19). The molecule has 2 aromatic heterocycles. The molecule has 1 N–H and O–H groups in total. The summed E-state index contributed by atoms with van der Waals surface area (Å²) in [4.78, 5) is 16.7. The first-order valence-electron chi connectivity index (χ1n) is 5.96. The summed E-state index contributed by atoms with van der Waals surface area (Å²) in [6.45, 7) is 3.74. The predicted octanol–water partition coefficient (Wildman–Crippen LogP) is 4.03. The van der Waals surface area contributed by atoms with E-state index in [1.54, 1.807) is 6.92 Å². The lowest BCUT2D eigenvalue weighted by molar-refractivity contribution is 0.0701. The maximum atomic E-state index is 11.1. The molecule has 0 aliphatic carbocycles. The zero-order valence-corrected chi connectivity index (χ0v) is 12.4. The van der Waals surface area contributed by atoms with E-state index < -0.39 is 5.97 Å². The van der Waals surface area contributed by atoms with E-state index in [9.17, 15) is 4.79 Å². The van der Waals surface area contributed by atoms with Crippen molar-refractivity contribution in [3.05, 3.63) is 45.6 Å². The predicted molar refractivity (Wildman–Crippen MR) is 79.9 cm³/mol. The minimum atomic E-state index is -0.912. The monoisotopic (exact) mass is 306 g/mol. The van der Waals surface area contributed by atoms with Gasteiger partial charge in [-0.3, -0.25) is 4.40 Å². The zero-order chi connectivity index (χ0) is 14.4. The maximum Gasteiger partial charge on any atom is 0.347 e. The SMILES string of the molecule is Cc1c(-c2ccc(Cl)cc2)nc2sc(C(=O)O)c(C)n12. The number of halogens is 1. The van der Waals surface area contributed by atoms with Crippen LogP contribution in [0.3, 0.4) is 0 Å². The van der Waals surface area contributed by atoms with Gasteiger partial charge in [-0.25, -0.2) is 9.78 Å². The highest BCUT2D eigenvalue weighted by Gasteiger charge is 2.20. The van der Waals surface area contributed by atoms with Crippen LogP contribution in [0, 0.1) is 13.8 Å². The molecule has 0 aliphatic heterocycles. The number of aryl methyl sites for hydroxylation is 2. The number of aromatic carboxylic acids is 1. The Balaban J connectivity index is 2.22. The van der Waals surface area contributed by atoms with Gasteiger partial charge in [-0.2, -0.15) is 0 Å². The smallest absolute Gasteiger partial charge is 0.347 e. The Morgan fingerprint density at radius 2 is 1.90 bits per heavy atom. The van der Waals surface area contributed by atoms with Gasteiger partial charge >= 0.3 is 5.97 Å². The molecule has 0 unspecified atom stereocenters. The van der Waals surface area contributed by atoms with Crippen LogP contribution in [-0.2, 0) is 0 Å². The number of carboxylic acids is 1. The van der Waals surface area contributed by atoms with Crippen LogP contribution < -0.4 is 0 Å². The molecule has 0 saturated carbocycles. The van der Waals surface area contributed by atoms with Gasteiger partial charge in [0.1, 0.15) is 4.88 Å². The molecule has 6 heteroatoms. The van der Waals surface area contributed by atoms with E-state index in [2.05, 4.69) is 4.98 Å². The molecule has 0 spiro atoms. The fraction of sp³-hybridized carbons (Fsp3) is 0.143. The van der Waals surface area contributed by atoms with Crippen LogP contribution in [0.25, 0.3) is 16.2 Å². The Kier molecular flexibility index (Phi) is 3.03. The van der Waals surface area contributed by atoms with Gasteiger partial charge in [-0.15, -0.1) is 0 Å². The number of benzene rings is 1. The van der Waals surface area contributed by atoms with Crippen molar-refractivity contribution in [2.24, 2.45) is 0 Å². The van der Waals surface area contributed by atoms with Crippen molar-refractivity contribution in [1.29, 1.82) is 0 Å². The molecule has 0 radical (unpaired) electrons. The third-order valence-electron chi connectivity index (χ3n) is 3.25.